The second-order valence-electron chi connectivity index (χ2n) is 7.12. The first-order valence-electron chi connectivity index (χ1n) is 9.87. The third kappa shape index (κ3) is 4.19. The van der Waals surface area contributed by atoms with Crippen molar-refractivity contribution in [2.24, 2.45) is 0 Å². The maximum atomic E-state index is 13.6. The molecule has 0 fully saturated rings. The van der Waals surface area contributed by atoms with Crippen molar-refractivity contribution in [3.8, 4) is 5.75 Å². The Morgan fingerprint density at radius 1 is 1.07 bits per heavy atom. The molecule has 5 nitrogen and oxygen atoms in total. The standard InChI is InChI=1S/C24H23N3O2S/c1-4-29-20-9-7-10-21-22(20)26-24(30-21)27(15-19-8-5-6-11-25-19)23(28)18-13-16(2)12-17(3)14-18/h5-14H,4,15H2,1-3H3. The van der Waals surface area contributed by atoms with E-state index in [1.165, 1.54) is 11.3 Å². The van der Waals surface area contributed by atoms with Crippen LogP contribution in [0.5, 0.6) is 5.75 Å². The molecule has 0 unspecified atom stereocenters. The van der Waals surface area contributed by atoms with Crippen molar-refractivity contribution >= 4 is 32.6 Å². The van der Waals surface area contributed by atoms with E-state index in [0.29, 0.717) is 23.8 Å². The van der Waals surface area contributed by atoms with E-state index in [4.69, 9.17) is 9.72 Å². The summed E-state index contributed by atoms with van der Waals surface area (Å²) in [7, 11) is 0. The summed E-state index contributed by atoms with van der Waals surface area (Å²) in [5.41, 5.74) is 4.34. The number of hydrogen-bond acceptors (Lipinski definition) is 5. The predicted molar refractivity (Wildman–Crippen MR) is 121 cm³/mol. The lowest BCUT2D eigenvalue weighted by molar-refractivity contribution is 0.0984. The first-order valence-corrected chi connectivity index (χ1v) is 10.7. The molecule has 2 aromatic heterocycles. The SMILES string of the molecule is CCOc1cccc2sc(N(Cc3ccccn3)C(=O)c3cc(C)cc(C)c3)nc12. The number of aromatic nitrogens is 2. The molecule has 0 N–H and O–H groups in total. The highest BCUT2D eigenvalue weighted by Gasteiger charge is 2.23. The molecule has 30 heavy (non-hydrogen) atoms. The molecule has 0 bridgehead atoms. The highest BCUT2D eigenvalue weighted by molar-refractivity contribution is 7.22. The summed E-state index contributed by atoms with van der Waals surface area (Å²) in [6, 6.07) is 17.5. The number of aryl methyl sites for hydroxylation is 2. The minimum absolute atomic E-state index is 0.0931. The van der Waals surface area contributed by atoms with Crippen LogP contribution in [0.25, 0.3) is 10.2 Å². The van der Waals surface area contributed by atoms with Gasteiger partial charge in [0.1, 0.15) is 11.3 Å². The molecule has 0 spiro atoms. The summed E-state index contributed by atoms with van der Waals surface area (Å²) in [5, 5.41) is 0.631. The van der Waals surface area contributed by atoms with E-state index < -0.39 is 0 Å². The van der Waals surface area contributed by atoms with Gasteiger partial charge < -0.3 is 4.74 Å². The molecule has 0 aliphatic carbocycles. The van der Waals surface area contributed by atoms with E-state index in [9.17, 15) is 4.79 Å². The van der Waals surface area contributed by atoms with Crippen LogP contribution in [0.2, 0.25) is 0 Å². The zero-order valence-corrected chi connectivity index (χ0v) is 18.1. The largest absolute Gasteiger partial charge is 0.492 e. The molecule has 1 amide bonds. The maximum Gasteiger partial charge on any atom is 0.260 e. The fourth-order valence-electron chi connectivity index (χ4n) is 3.43. The van der Waals surface area contributed by atoms with E-state index in [1.54, 1.807) is 11.1 Å². The molecule has 2 heterocycles. The summed E-state index contributed by atoms with van der Waals surface area (Å²) in [6.07, 6.45) is 1.74. The molecular formula is C24H23N3O2S. The second-order valence-corrected chi connectivity index (χ2v) is 8.13. The van der Waals surface area contributed by atoms with Crippen LogP contribution in [0.1, 0.15) is 34.1 Å². The highest BCUT2D eigenvalue weighted by Crippen LogP contribution is 2.35. The fraction of sp³-hybridized carbons (Fsp3) is 0.208. The number of ether oxygens (including phenoxy) is 1. The Morgan fingerprint density at radius 2 is 1.87 bits per heavy atom. The van der Waals surface area contributed by atoms with Crippen LogP contribution in [-0.4, -0.2) is 22.5 Å². The number of carbonyl (C=O) groups excluding carboxylic acids is 1. The van der Waals surface area contributed by atoms with Gasteiger partial charge in [-0.15, -0.1) is 0 Å². The molecule has 152 valence electrons. The van der Waals surface area contributed by atoms with Gasteiger partial charge >= 0.3 is 0 Å². The zero-order valence-electron chi connectivity index (χ0n) is 17.3. The minimum atomic E-state index is -0.0931. The molecule has 4 aromatic rings. The van der Waals surface area contributed by atoms with E-state index in [2.05, 4.69) is 11.1 Å². The Balaban J connectivity index is 1.80. The normalized spacial score (nSPS) is 10.9. The molecule has 4 rings (SSSR count). The van der Waals surface area contributed by atoms with Gasteiger partial charge in [-0.05, 0) is 57.2 Å². The lowest BCUT2D eigenvalue weighted by Crippen LogP contribution is -2.30. The van der Waals surface area contributed by atoms with E-state index in [-0.39, 0.29) is 5.91 Å². The smallest absolute Gasteiger partial charge is 0.260 e. The van der Waals surface area contributed by atoms with Crippen LogP contribution in [0.15, 0.2) is 60.8 Å². The molecule has 0 aliphatic rings. The second kappa shape index (κ2) is 8.63. The number of anilines is 1. The molecule has 6 heteroatoms. The average Bonchev–Trinajstić information content (AvgIpc) is 3.17. The van der Waals surface area contributed by atoms with Gasteiger partial charge in [0.2, 0.25) is 0 Å². The van der Waals surface area contributed by atoms with Gasteiger partial charge in [0.05, 0.1) is 23.5 Å². The quantitative estimate of drug-likeness (QED) is 0.412. The summed E-state index contributed by atoms with van der Waals surface area (Å²) < 4.78 is 6.72. The van der Waals surface area contributed by atoms with Crippen molar-refractivity contribution in [1.82, 2.24) is 9.97 Å². The topological polar surface area (TPSA) is 55.3 Å². The van der Waals surface area contributed by atoms with Crippen LogP contribution in [0.3, 0.4) is 0 Å². The van der Waals surface area contributed by atoms with Gasteiger partial charge in [0.15, 0.2) is 5.13 Å². The molecule has 0 saturated carbocycles. The number of rotatable bonds is 6. The van der Waals surface area contributed by atoms with Crippen molar-refractivity contribution in [3.63, 3.8) is 0 Å². The van der Waals surface area contributed by atoms with Crippen LogP contribution < -0.4 is 9.64 Å². The first-order chi connectivity index (χ1) is 14.5. The number of benzene rings is 2. The van der Waals surface area contributed by atoms with Crippen LogP contribution in [0.4, 0.5) is 5.13 Å². The van der Waals surface area contributed by atoms with E-state index in [0.717, 1.165) is 32.8 Å². The highest BCUT2D eigenvalue weighted by atomic mass is 32.1. The van der Waals surface area contributed by atoms with Gasteiger partial charge in [-0.1, -0.05) is 40.7 Å². The number of fused-ring (bicyclic) bond motifs is 1. The number of thiazole rings is 1. The lowest BCUT2D eigenvalue weighted by atomic mass is 10.1. The number of hydrogen-bond donors (Lipinski definition) is 0. The predicted octanol–water partition coefficient (Wildman–Crippen LogP) is 5.55. The number of nitrogens with zero attached hydrogens (tertiary/aromatic N) is 3. The number of pyridine rings is 1. The van der Waals surface area contributed by atoms with Gasteiger partial charge in [0, 0.05) is 11.8 Å². The van der Waals surface area contributed by atoms with Crippen molar-refractivity contribution in [2.45, 2.75) is 27.3 Å². The maximum absolute atomic E-state index is 13.6. The Bertz CT molecular complexity index is 1170. The van der Waals surface area contributed by atoms with Crippen molar-refractivity contribution in [3.05, 3.63) is 83.2 Å². The monoisotopic (exact) mass is 417 g/mol. The van der Waals surface area contributed by atoms with Crippen molar-refractivity contribution < 1.29 is 9.53 Å². The Kier molecular flexibility index (Phi) is 5.77. The van der Waals surface area contributed by atoms with Crippen molar-refractivity contribution in [1.29, 1.82) is 0 Å². The van der Waals surface area contributed by atoms with Crippen molar-refractivity contribution in [2.75, 3.05) is 11.5 Å². The number of carbonyl (C=O) groups is 1. The summed E-state index contributed by atoms with van der Waals surface area (Å²) in [6.45, 7) is 6.85. The first kappa shape index (κ1) is 20.0. The van der Waals surface area contributed by atoms with Crippen LogP contribution >= 0.6 is 11.3 Å². The molecular weight excluding hydrogens is 394 g/mol. The third-order valence-corrected chi connectivity index (χ3v) is 5.71. The fourth-order valence-corrected chi connectivity index (χ4v) is 4.41. The van der Waals surface area contributed by atoms with Crippen LogP contribution in [-0.2, 0) is 6.54 Å². The number of para-hydroxylation sites is 1. The average molecular weight is 418 g/mol. The molecule has 2 aromatic carbocycles. The molecule has 0 saturated heterocycles. The van der Waals surface area contributed by atoms with Gasteiger partial charge in [-0.3, -0.25) is 14.7 Å². The van der Waals surface area contributed by atoms with Crippen LogP contribution in [0, 0.1) is 13.8 Å². The van der Waals surface area contributed by atoms with E-state index >= 15 is 0 Å². The lowest BCUT2D eigenvalue weighted by Gasteiger charge is -2.20. The molecule has 0 radical (unpaired) electrons. The summed E-state index contributed by atoms with van der Waals surface area (Å²) >= 11 is 1.48. The third-order valence-electron chi connectivity index (χ3n) is 4.66. The van der Waals surface area contributed by atoms with Gasteiger partial charge in [-0.2, -0.15) is 0 Å². The van der Waals surface area contributed by atoms with Gasteiger partial charge in [-0.25, -0.2) is 4.98 Å². The Hall–Kier alpha value is -3.25. The number of amides is 1. The summed E-state index contributed by atoms with van der Waals surface area (Å²) in [5.74, 6) is 0.638. The Morgan fingerprint density at radius 3 is 2.57 bits per heavy atom. The van der Waals surface area contributed by atoms with E-state index in [1.807, 2.05) is 69.3 Å². The minimum Gasteiger partial charge on any atom is -0.492 e. The Labute approximate surface area is 180 Å². The summed E-state index contributed by atoms with van der Waals surface area (Å²) in [4.78, 5) is 24.5. The molecule has 0 atom stereocenters. The molecule has 0 aliphatic heterocycles. The van der Waals surface area contributed by atoms with Gasteiger partial charge in [0.25, 0.3) is 5.91 Å². The zero-order chi connectivity index (χ0) is 21.1.